The summed E-state index contributed by atoms with van der Waals surface area (Å²) in [5.74, 6) is -0.283. The predicted molar refractivity (Wildman–Crippen MR) is 71.1 cm³/mol. The summed E-state index contributed by atoms with van der Waals surface area (Å²) >= 11 is 0. The van der Waals surface area contributed by atoms with Crippen LogP contribution in [0, 0.1) is 11.7 Å². The highest BCUT2D eigenvalue weighted by molar-refractivity contribution is 7.89. The van der Waals surface area contributed by atoms with Gasteiger partial charge in [0.1, 0.15) is 5.82 Å². The summed E-state index contributed by atoms with van der Waals surface area (Å²) in [6, 6.07) is 3.32. The largest absolute Gasteiger partial charge is 0.392 e. The molecule has 0 aromatic heterocycles. The van der Waals surface area contributed by atoms with Crippen LogP contribution in [0.2, 0.25) is 0 Å². The van der Waals surface area contributed by atoms with E-state index in [1.165, 1.54) is 6.07 Å². The van der Waals surface area contributed by atoms with Crippen molar-refractivity contribution >= 4 is 10.0 Å². The zero-order valence-electron chi connectivity index (χ0n) is 11.0. The van der Waals surface area contributed by atoms with Gasteiger partial charge < -0.3 is 9.84 Å². The molecule has 0 bridgehead atoms. The summed E-state index contributed by atoms with van der Waals surface area (Å²) in [6.45, 7) is 1.20. The van der Waals surface area contributed by atoms with Gasteiger partial charge in [0.25, 0.3) is 0 Å². The predicted octanol–water partition coefficient (Wildman–Crippen LogP) is 1.02. The fourth-order valence-electron chi connectivity index (χ4n) is 2.20. The van der Waals surface area contributed by atoms with Crippen LogP contribution in [0.5, 0.6) is 0 Å². The Labute approximate surface area is 117 Å². The summed E-state index contributed by atoms with van der Waals surface area (Å²) in [5, 5.41) is 9.14. The van der Waals surface area contributed by atoms with Crippen LogP contribution in [0.1, 0.15) is 18.4 Å². The van der Waals surface area contributed by atoms with Gasteiger partial charge in [-0.15, -0.1) is 0 Å². The Hall–Kier alpha value is -1.02. The highest BCUT2D eigenvalue weighted by Gasteiger charge is 2.20. The second-order valence-corrected chi connectivity index (χ2v) is 6.56. The van der Waals surface area contributed by atoms with Gasteiger partial charge in [-0.05, 0) is 36.5 Å². The van der Waals surface area contributed by atoms with E-state index in [1.807, 2.05) is 0 Å². The van der Waals surface area contributed by atoms with Crippen LogP contribution in [0.25, 0.3) is 0 Å². The molecule has 5 nitrogen and oxygen atoms in total. The van der Waals surface area contributed by atoms with Crippen molar-refractivity contribution in [3.63, 3.8) is 0 Å². The van der Waals surface area contributed by atoms with Gasteiger partial charge in [0.2, 0.25) is 10.0 Å². The number of nitrogens with one attached hydrogen (secondary N) is 1. The molecule has 0 aliphatic carbocycles. The van der Waals surface area contributed by atoms with Gasteiger partial charge in [-0.2, -0.15) is 0 Å². The van der Waals surface area contributed by atoms with Crippen molar-refractivity contribution in [2.45, 2.75) is 24.3 Å². The minimum atomic E-state index is -3.81. The molecule has 1 unspecified atom stereocenters. The fraction of sp³-hybridized carbons (Fsp3) is 0.538. The molecule has 2 N–H and O–H groups in total. The maximum Gasteiger partial charge on any atom is 0.241 e. The van der Waals surface area contributed by atoms with Crippen molar-refractivity contribution in [2.75, 3.05) is 19.8 Å². The van der Waals surface area contributed by atoms with E-state index in [4.69, 9.17) is 9.84 Å². The summed E-state index contributed by atoms with van der Waals surface area (Å²) in [7, 11) is -3.81. The maximum atomic E-state index is 13.2. The summed E-state index contributed by atoms with van der Waals surface area (Å²) in [4.78, 5) is -0.206. The molecule has 1 aromatic carbocycles. The van der Waals surface area contributed by atoms with E-state index in [2.05, 4.69) is 4.72 Å². The van der Waals surface area contributed by atoms with E-state index in [0.717, 1.165) is 25.2 Å². The van der Waals surface area contributed by atoms with Crippen LogP contribution in [-0.4, -0.2) is 33.3 Å². The second-order valence-electron chi connectivity index (χ2n) is 4.83. The monoisotopic (exact) mass is 303 g/mol. The average Bonchev–Trinajstić information content (AvgIpc) is 2.91. The molecule has 20 heavy (non-hydrogen) atoms. The molecule has 1 atom stereocenters. The molecule has 0 saturated carbocycles. The number of halogens is 1. The van der Waals surface area contributed by atoms with Gasteiger partial charge in [0.05, 0.1) is 11.5 Å². The number of hydrogen-bond acceptors (Lipinski definition) is 4. The molecule has 1 heterocycles. The second kappa shape index (κ2) is 6.62. The molecule has 0 radical (unpaired) electrons. The lowest BCUT2D eigenvalue weighted by atomic mass is 10.1. The zero-order chi connectivity index (χ0) is 14.6. The molecule has 7 heteroatoms. The van der Waals surface area contributed by atoms with Crippen molar-refractivity contribution in [3.05, 3.63) is 29.6 Å². The molecular formula is C13H18FNO4S. The van der Waals surface area contributed by atoms with Gasteiger partial charge in [-0.3, -0.25) is 0 Å². The van der Waals surface area contributed by atoms with Crippen LogP contribution in [0.4, 0.5) is 4.39 Å². The molecule has 0 spiro atoms. The molecule has 1 fully saturated rings. The number of sulfonamides is 1. The Kier molecular flexibility index (Phi) is 5.09. The van der Waals surface area contributed by atoms with Gasteiger partial charge >= 0.3 is 0 Å². The van der Waals surface area contributed by atoms with E-state index in [0.29, 0.717) is 18.9 Å². The summed E-state index contributed by atoms with van der Waals surface area (Å²) < 4.78 is 45.1. The third kappa shape index (κ3) is 3.76. The number of ether oxygens (including phenoxy) is 1. The Morgan fingerprint density at radius 1 is 1.45 bits per heavy atom. The van der Waals surface area contributed by atoms with Crippen molar-refractivity contribution in [1.29, 1.82) is 0 Å². The first-order chi connectivity index (χ1) is 9.53. The Balaban J connectivity index is 2.03. The van der Waals surface area contributed by atoms with E-state index >= 15 is 0 Å². The Bertz CT molecular complexity index is 555. The number of aliphatic hydroxyl groups excluding tert-OH is 1. The molecule has 1 aliphatic rings. The molecule has 1 aromatic rings. The number of rotatable bonds is 6. The fourth-order valence-corrected chi connectivity index (χ4v) is 3.48. The van der Waals surface area contributed by atoms with E-state index in [1.54, 1.807) is 0 Å². The van der Waals surface area contributed by atoms with E-state index in [9.17, 15) is 12.8 Å². The Morgan fingerprint density at radius 2 is 2.25 bits per heavy atom. The Morgan fingerprint density at radius 3 is 2.90 bits per heavy atom. The zero-order valence-corrected chi connectivity index (χ0v) is 11.8. The molecular weight excluding hydrogens is 285 g/mol. The lowest BCUT2D eigenvalue weighted by molar-refractivity contribution is 0.184. The number of hydrogen-bond donors (Lipinski definition) is 2. The highest BCUT2D eigenvalue weighted by atomic mass is 32.2. The van der Waals surface area contributed by atoms with Crippen molar-refractivity contribution in [1.82, 2.24) is 4.72 Å². The van der Waals surface area contributed by atoms with Crippen LogP contribution < -0.4 is 4.72 Å². The topological polar surface area (TPSA) is 75.6 Å². The number of aliphatic hydroxyl groups is 1. The molecule has 1 aliphatic heterocycles. The van der Waals surface area contributed by atoms with Crippen LogP contribution in [0.3, 0.4) is 0 Å². The van der Waals surface area contributed by atoms with Crippen molar-refractivity contribution < 1.29 is 22.7 Å². The minimum absolute atomic E-state index is 0.183. The summed E-state index contributed by atoms with van der Waals surface area (Å²) in [5.41, 5.74) is 0.183. The molecule has 1 saturated heterocycles. The average molecular weight is 303 g/mol. The maximum absolute atomic E-state index is 13.2. The van der Waals surface area contributed by atoms with Gasteiger partial charge in [0.15, 0.2) is 0 Å². The standard InChI is InChI=1S/C13H18FNO4S/c14-12-2-1-11(8-16)13(7-12)20(17,18)15-5-3-10-4-6-19-9-10/h1-2,7,10,15-16H,3-6,8-9H2. The first-order valence-electron chi connectivity index (χ1n) is 6.49. The lowest BCUT2D eigenvalue weighted by Gasteiger charge is -2.12. The van der Waals surface area contributed by atoms with E-state index < -0.39 is 22.4 Å². The quantitative estimate of drug-likeness (QED) is 0.823. The highest BCUT2D eigenvalue weighted by Crippen LogP contribution is 2.19. The van der Waals surface area contributed by atoms with Crippen molar-refractivity contribution in [2.24, 2.45) is 5.92 Å². The molecule has 112 valence electrons. The van der Waals surface area contributed by atoms with Crippen molar-refractivity contribution in [3.8, 4) is 0 Å². The third-order valence-corrected chi connectivity index (χ3v) is 4.90. The normalized spacial score (nSPS) is 19.4. The lowest BCUT2D eigenvalue weighted by Crippen LogP contribution is -2.27. The van der Waals surface area contributed by atoms with Crippen LogP contribution in [0.15, 0.2) is 23.1 Å². The van der Waals surface area contributed by atoms with Crippen LogP contribution >= 0.6 is 0 Å². The van der Waals surface area contributed by atoms with Gasteiger partial charge in [-0.1, -0.05) is 6.07 Å². The SMILES string of the molecule is O=S(=O)(NCCC1CCOC1)c1cc(F)ccc1CO. The van der Waals surface area contributed by atoms with Crippen LogP contribution in [-0.2, 0) is 21.4 Å². The van der Waals surface area contributed by atoms with Gasteiger partial charge in [-0.25, -0.2) is 17.5 Å². The van der Waals surface area contributed by atoms with Gasteiger partial charge in [0, 0.05) is 19.8 Å². The number of benzene rings is 1. The van der Waals surface area contributed by atoms with E-state index in [-0.39, 0.29) is 17.0 Å². The first-order valence-corrected chi connectivity index (χ1v) is 7.98. The molecule has 0 amide bonds. The molecule has 2 rings (SSSR count). The third-order valence-electron chi connectivity index (χ3n) is 3.36. The summed E-state index contributed by atoms with van der Waals surface area (Å²) in [6.07, 6.45) is 1.62. The minimum Gasteiger partial charge on any atom is -0.392 e. The first kappa shape index (κ1) is 15.4. The smallest absolute Gasteiger partial charge is 0.241 e.